The maximum atomic E-state index is 13.9. The van der Waals surface area contributed by atoms with Crippen LogP contribution in [-0.2, 0) is 35.5 Å². The molecule has 3 aromatic carbocycles. The number of nitrogens with zero attached hydrogens (tertiary/aromatic N) is 6. The predicted molar refractivity (Wildman–Crippen MR) is 177 cm³/mol. The molecule has 0 aliphatic carbocycles. The number of nitriles is 1. The van der Waals surface area contributed by atoms with Gasteiger partial charge in [-0.3, -0.25) is 4.79 Å². The highest BCUT2D eigenvalue weighted by Gasteiger charge is 2.36. The number of benzene rings is 3. The number of amides is 1. The van der Waals surface area contributed by atoms with E-state index in [0.717, 1.165) is 58.4 Å². The Bertz CT molecular complexity index is 1920. The third-order valence-corrected chi connectivity index (χ3v) is 9.62. The van der Waals surface area contributed by atoms with Gasteiger partial charge in [0.15, 0.2) is 5.83 Å². The molecule has 4 aromatic rings. The van der Waals surface area contributed by atoms with Gasteiger partial charge in [-0.2, -0.15) is 15.2 Å². The van der Waals surface area contributed by atoms with Crippen LogP contribution < -0.4 is 9.64 Å². The van der Waals surface area contributed by atoms with Crippen LogP contribution in [0.5, 0.6) is 11.8 Å². The Morgan fingerprint density at radius 3 is 2.74 bits per heavy atom. The molecule has 7 rings (SSSR count). The van der Waals surface area contributed by atoms with Crippen molar-refractivity contribution in [2.75, 3.05) is 38.1 Å². The summed E-state index contributed by atoms with van der Waals surface area (Å²) >= 11 is 6.69. The van der Waals surface area contributed by atoms with E-state index in [1.54, 1.807) is 0 Å². The standard InChI is InChI=1S/C36H34ClFN6O3/c1-22(38)35(45)44-17-16-43(20-25(44)12-14-39)34-28-21-46-32(27-9-3-6-23-7-4-10-29(37)33(23)27)18-30(28)40-36(41-34)47-31-11-5-8-24-19-42(2)15-13-26(24)31/h3-11,25,32H,1,12-13,15-21H2,2H3/t25-,32?/m0/s1. The van der Waals surface area contributed by atoms with Gasteiger partial charge in [-0.15, -0.1) is 0 Å². The molecule has 3 aliphatic heterocycles. The van der Waals surface area contributed by atoms with E-state index in [-0.39, 0.29) is 38.2 Å². The van der Waals surface area contributed by atoms with Crippen LogP contribution in [0.15, 0.2) is 67.0 Å². The van der Waals surface area contributed by atoms with Gasteiger partial charge in [0.25, 0.3) is 5.91 Å². The quantitative estimate of drug-likeness (QED) is 0.224. The number of carbonyl (C=O) groups is 1. The lowest BCUT2D eigenvalue weighted by atomic mass is 9.94. The molecular weight excluding hydrogens is 619 g/mol. The zero-order valence-electron chi connectivity index (χ0n) is 26.1. The second kappa shape index (κ2) is 12.9. The Labute approximate surface area is 277 Å². The predicted octanol–water partition coefficient (Wildman–Crippen LogP) is 6.29. The Kier molecular flexibility index (Phi) is 8.53. The zero-order valence-corrected chi connectivity index (χ0v) is 26.8. The second-order valence-electron chi connectivity index (χ2n) is 12.3. The molecule has 11 heteroatoms. The smallest absolute Gasteiger partial charge is 0.324 e. The van der Waals surface area contributed by atoms with Crippen LogP contribution in [0.3, 0.4) is 0 Å². The molecule has 0 bridgehead atoms. The van der Waals surface area contributed by atoms with Crippen molar-refractivity contribution in [3.05, 3.63) is 100.0 Å². The number of carbonyl (C=O) groups excluding carboxylic acids is 1. The van der Waals surface area contributed by atoms with Crippen molar-refractivity contribution in [1.82, 2.24) is 19.8 Å². The normalized spacial score (nSPS) is 19.5. The molecule has 3 aliphatic rings. The lowest BCUT2D eigenvalue weighted by Crippen LogP contribution is -2.55. The van der Waals surface area contributed by atoms with E-state index in [9.17, 15) is 14.4 Å². The van der Waals surface area contributed by atoms with E-state index in [1.807, 2.05) is 53.4 Å². The Hall–Kier alpha value is -4.56. The topological polar surface area (TPSA) is 94.8 Å². The van der Waals surface area contributed by atoms with Crippen LogP contribution in [0.2, 0.25) is 5.02 Å². The lowest BCUT2D eigenvalue weighted by Gasteiger charge is -2.42. The molecule has 1 unspecified atom stereocenters. The largest absolute Gasteiger partial charge is 0.424 e. The summed E-state index contributed by atoms with van der Waals surface area (Å²) in [6, 6.07) is 19.8. The third kappa shape index (κ3) is 6.02. The fourth-order valence-corrected chi connectivity index (χ4v) is 7.28. The molecule has 9 nitrogen and oxygen atoms in total. The molecule has 2 atom stereocenters. The van der Waals surface area contributed by atoms with Gasteiger partial charge in [0.1, 0.15) is 11.6 Å². The van der Waals surface area contributed by atoms with Crippen molar-refractivity contribution in [2.45, 2.75) is 44.6 Å². The molecule has 4 heterocycles. The average molecular weight is 653 g/mol. The number of hydrogen-bond donors (Lipinski definition) is 0. The van der Waals surface area contributed by atoms with E-state index in [1.165, 1.54) is 10.5 Å². The summed E-state index contributed by atoms with van der Waals surface area (Å²) in [4.78, 5) is 28.2. The SMILES string of the molecule is C=C(F)C(=O)N1CCN(c2nc(Oc3cccc4c3CCN(C)C4)nc3c2COC(c2cccc4cccc(Cl)c24)C3)C[C@@H]1CC#N. The number of piperazine rings is 1. The number of hydrogen-bond acceptors (Lipinski definition) is 8. The Morgan fingerprint density at radius 1 is 1.13 bits per heavy atom. The first kappa shape index (κ1) is 31.1. The van der Waals surface area contributed by atoms with Gasteiger partial charge >= 0.3 is 6.01 Å². The van der Waals surface area contributed by atoms with E-state index >= 15 is 0 Å². The summed E-state index contributed by atoms with van der Waals surface area (Å²) in [5.41, 5.74) is 4.96. The first-order valence-corrected chi connectivity index (χ1v) is 16.1. The minimum Gasteiger partial charge on any atom is -0.424 e. The molecule has 0 spiro atoms. The lowest BCUT2D eigenvalue weighted by molar-refractivity contribution is -0.131. The van der Waals surface area contributed by atoms with Gasteiger partial charge in [-0.05, 0) is 42.1 Å². The average Bonchev–Trinajstić information content (AvgIpc) is 3.07. The van der Waals surface area contributed by atoms with Crippen molar-refractivity contribution in [3.63, 3.8) is 0 Å². The van der Waals surface area contributed by atoms with Crippen molar-refractivity contribution in [2.24, 2.45) is 0 Å². The zero-order chi connectivity index (χ0) is 32.7. The minimum absolute atomic E-state index is 0.0389. The minimum atomic E-state index is -1.04. The third-order valence-electron chi connectivity index (χ3n) is 9.31. The fourth-order valence-electron chi connectivity index (χ4n) is 6.99. The van der Waals surface area contributed by atoms with E-state index in [0.29, 0.717) is 23.8 Å². The van der Waals surface area contributed by atoms with Gasteiger partial charge in [0, 0.05) is 60.7 Å². The Morgan fingerprint density at radius 2 is 1.94 bits per heavy atom. The van der Waals surface area contributed by atoms with Crippen LogP contribution in [0, 0.1) is 11.3 Å². The molecule has 240 valence electrons. The summed E-state index contributed by atoms with van der Waals surface area (Å²) in [5, 5.41) is 12.2. The van der Waals surface area contributed by atoms with Gasteiger partial charge in [-0.25, -0.2) is 4.39 Å². The highest BCUT2D eigenvalue weighted by molar-refractivity contribution is 6.35. The first-order valence-electron chi connectivity index (χ1n) is 15.7. The number of halogens is 2. The summed E-state index contributed by atoms with van der Waals surface area (Å²) in [5.74, 6) is -0.483. The van der Waals surface area contributed by atoms with Crippen LogP contribution in [0.4, 0.5) is 10.2 Å². The van der Waals surface area contributed by atoms with Gasteiger partial charge in [-0.1, -0.05) is 60.6 Å². The van der Waals surface area contributed by atoms with Crippen LogP contribution in [0.25, 0.3) is 10.8 Å². The maximum Gasteiger partial charge on any atom is 0.324 e. The molecule has 1 saturated heterocycles. The molecule has 47 heavy (non-hydrogen) atoms. The summed E-state index contributed by atoms with van der Waals surface area (Å²) in [7, 11) is 2.10. The highest BCUT2D eigenvalue weighted by Crippen LogP contribution is 2.40. The number of likely N-dealkylation sites (N-methyl/N-ethyl adjacent to an activating group) is 1. The number of fused-ring (bicyclic) bond motifs is 3. The number of rotatable bonds is 6. The molecule has 0 radical (unpaired) electrons. The molecular formula is C36H34ClFN6O3. The number of anilines is 1. The van der Waals surface area contributed by atoms with Crippen LogP contribution >= 0.6 is 11.6 Å². The van der Waals surface area contributed by atoms with Crippen LogP contribution in [0.1, 0.15) is 40.5 Å². The first-order chi connectivity index (χ1) is 22.8. The van der Waals surface area contributed by atoms with Gasteiger partial charge in [0.2, 0.25) is 0 Å². The fraction of sp³-hybridized carbons (Fsp3) is 0.333. The Balaban J connectivity index is 1.28. The molecule has 1 aromatic heterocycles. The molecule has 1 fully saturated rings. The van der Waals surface area contributed by atoms with Crippen molar-refractivity contribution >= 4 is 34.1 Å². The highest BCUT2D eigenvalue weighted by atomic mass is 35.5. The van der Waals surface area contributed by atoms with E-state index < -0.39 is 17.8 Å². The molecule has 1 amide bonds. The maximum absolute atomic E-state index is 13.9. The number of ether oxygens (including phenoxy) is 2. The summed E-state index contributed by atoms with van der Waals surface area (Å²) in [6.45, 7) is 6.05. The van der Waals surface area contributed by atoms with Crippen molar-refractivity contribution in [3.8, 4) is 17.8 Å². The summed E-state index contributed by atoms with van der Waals surface area (Å²) in [6.07, 6.45) is 1.05. The number of aromatic nitrogens is 2. The van der Waals surface area contributed by atoms with E-state index in [2.05, 4.69) is 30.7 Å². The monoisotopic (exact) mass is 652 g/mol. The summed E-state index contributed by atoms with van der Waals surface area (Å²) < 4.78 is 26.9. The molecule has 0 N–H and O–H groups in total. The van der Waals surface area contributed by atoms with E-state index in [4.69, 9.17) is 31.0 Å². The van der Waals surface area contributed by atoms with Gasteiger partial charge in [0.05, 0.1) is 36.9 Å². The second-order valence-corrected chi connectivity index (χ2v) is 12.7. The van der Waals surface area contributed by atoms with Crippen molar-refractivity contribution in [1.29, 1.82) is 5.26 Å². The van der Waals surface area contributed by atoms with Crippen LogP contribution in [-0.4, -0.2) is 64.9 Å². The van der Waals surface area contributed by atoms with Gasteiger partial charge < -0.3 is 24.2 Å². The molecule has 0 saturated carbocycles. The van der Waals surface area contributed by atoms with Crippen molar-refractivity contribution < 1.29 is 18.7 Å².